The second kappa shape index (κ2) is 9.48. The normalized spacial score (nSPS) is 11.1. The van der Waals surface area contributed by atoms with Crippen molar-refractivity contribution >= 4 is 34.0 Å². The van der Waals surface area contributed by atoms with Crippen LogP contribution in [-0.4, -0.2) is 27.3 Å². The zero-order valence-electron chi connectivity index (χ0n) is 18.4. The van der Waals surface area contributed by atoms with Gasteiger partial charge in [0.1, 0.15) is 35.0 Å². The van der Waals surface area contributed by atoms with Crippen molar-refractivity contribution in [3.05, 3.63) is 82.0 Å². The molecule has 0 aliphatic carbocycles. The number of methoxy groups -OCH3 is 3. The first-order valence-corrected chi connectivity index (χ1v) is 10.1. The summed E-state index contributed by atoms with van der Waals surface area (Å²) in [6, 6.07) is 15.5. The number of carbonyl (C=O) groups excluding carboxylic acids is 1. The van der Waals surface area contributed by atoms with E-state index in [-0.39, 0.29) is 12.0 Å². The van der Waals surface area contributed by atoms with E-state index >= 15 is 0 Å². The summed E-state index contributed by atoms with van der Waals surface area (Å²) in [6.07, 6.45) is 2.93. The van der Waals surface area contributed by atoms with Crippen LogP contribution in [0.4, 0.5) is 0 Å². The van der Waals surface area contributed by atoms with E-state index in [4.69, 9.17) is 23.4 Å². The number of hydrogen-bond acceptors (Lipinski definition) is 7. The summed E-state index contributed by atoms with van der Waals surface area (Å²) in [7, 11) is 4.66. The molecule has 3 aromatic carbocycles. The van der Waals surface area contributed by atoms with E-state index in [2.05, 4.69) is 0 Å². The lowest BCUT2D eigenvalue weighted by Crippen LogP contribution is -2.04. The molecule has 0 atom stereocenters. The van der Waals surface area contributed by atoms with Crippen LogP contribution in [-0.2, 0) is 16.1 Å². The smallest absolute Gasteiger partial charge is 0.331 e. The zero-order valence-corrected chi connectivity index (χ0v) is 18.4. The summed E-state index contributed by atoms with van der Waals surface area (Å²) in [5.74, 6) is 1.31. The lowest BCUT2D eigenvalue weighted by Gasteiger charge is -2.07. The zero-order chi connectivity index (χ0) is 23.4. The van der Waals surface area contributed by atoms with Crippen molar-refractivity contribution in [1.82, 2.24) is 0 Å². The van der Waals surface area contributed by atoms with E-state index < -0.39 is 5.97 Å². The van der Waals surface area contributed by atoms with Crippen molar-refractivity contribution in [2.24, 2.45) is 0 Å². The van der Waals surface area contributed by atoms with Gasteiger partial charge in [0.15, 0.2) is 0 Å². The highest BCUT2D eigenvalue weighted by atomic mass is 16.5. The molecule has 0 aliphatic rings. The maximum absolute atomic E-state index is 12.9. The highest BCUT2D eigenvalue weighted by molar-refractivity contribution is 5.91. The Morgan fingerprint density at radius 1 is 0.848 bits per heavy atom. The van der Waals surface area contributed by atoms with Crippen LogP contribution in [0.5, 0.6) is 17.2 Å². The maximum Gasteiger partial charge on any atom is 0.331 e. The van der Waals surface area contributed by atoms with Gasteiger partial charge in [0, 0.05) is 23.8 Å². The molecule has 0 radical (unpaired) electrons. The summed E-state index contributed by atoms with van der Waals surface area (Å²) in [6.45, 7) is 0.0128. The second-order valence-electron chi connectivity index (χ2n) is 7.17. The quantitative estimate of drug-likeness (QED) is 0.231. The van der Waals surface area contributed by atoms with Crippen LogP contribution in [0.15, 0.2) is 69.9 Å². The minimum atomic E-state index is -0.523. The van der Waals surface area contributed by atoms with Crippen LogP contribution in [0.3, 0.4) is 0 Å². The third-order valence-electron chi connectivity index (χ3n) is 5.16. The Balaban J connectivity index is 1.50. The summed E-state index contributed by atoms with van der Waals surface area (Å²) in [4.78, 5) is 25.1. The van der Waals surface area contributed by atoms with Crippen LogP contribution in [0.2, 0.25) is 0 Å². The first-order chi connectivity index (χ1) is 16.0. The standard InChI is InChI=1S/C26H22O7/c1-29-18-7-5-17(23(13-18)31-3)6-11-25(27)32-15-16-4-10-22-21(12-16)26(28)20-9-8-19(30-2)14-24(20)33-22/h4-14H,15H2,1-3H3/b11-6+. The van der Waals surface area contributed by atoms with Gasteiger partial charge in [-0.05, 0) is 48.0 Å². The number of hydrogen-bond donors (Lipinski definition) is 0. The molecule has 0 fully saturated rings. The van der Waals surface area contributed by atoms with Crippen molar-refractivity contribution in [1.29, 1.82) is 0 Å². The third-order valence-corrected chi connectivity index (χ3v) is 5.16. The Morgan fingerprint density at radius 3 is 2.36 bits per heavy atom. The highest BCUT2D eigenvalue weighted by Gasteiger charge is 2.10. The average Bonchev–Trinajstić information content (AvgIpc) is 2.85. The molecular weight excluding hydrogens is 424 g/mol. The monoisotopic (exact) mass is 446 g/mol. The number of ether oxygens (including phenoxy) is 4. The van der Waals surface area contributed by atoms with Crippen molar-refractivity contribution in [2.45, 2.75) is 6.61 Å². The first-order valence-electron chi connectivity index (χ1n) is 10.1. The molecule has 168 valence electrons. The van der Waals surface area contributed by atoms with E-state index in [1.54, 1.807) is 82.0 Å². The Bertz CT molecular complexity index is 1420. The van der Waals surface area contributed by atoms with Crippen molar-refractivity contribution in [2.75, 3.05) is 21.3 Å². The first kappa shape index (κ1) is 22.0. The molecule has 1 aromatic heterocycles. The predicted octanol–water partition coefficient (Wildman–Crippen LogP) is 4.73. The van der Waals surface area contributed by atoms with E-state index in [0.29, 0.717) is 50.3 Å². The lowest BCUT2D eigenvalue weighted by molar-refractivity contribution is -0.138. The molecule has 7 nitrogen and oxygen atoms in total. The highest BCUT2D eigenvalue weighted by Crippen LogP contribution is 2.26. The molecule has 0 saturated carbocycles. The molecule has 1 heterocycles. The fraction of sp³-hybridized carbons (Fsp3) is 0.154. The lowest BCUT2D eigenvalue weighted by atomic mass is 10.1. The van der Waals surface area contributed by atoms with Crippen molar-refractivity contribution in [3.8, 4) is 17.2 Å². The molecule has 0 amide bonds. The third kappa shape index (κ3) is 4.67. The summed E-state index contributed by atoms with van der Waals surface area (Å²) in [5, 5.41) is 0.869. The molecule has 7 heteroatoms. The molecule has 0 N–H and O–H groups in total. The van der Waals surface area contributed by atoms with Gasteiger partial charge < -0.3 is 23.4 Å². The summed E-state index contributed by atoms with van der Waals surface area (Å²) in [5.41, 5.74) is 2.12. The van der Waals surface area contributed by atoms with Crippen LogP contribution >= 0.6 is 0 Å². The van der Waals surface area contributed by atoms with Gasteiger partial charge in [0.2, 0.25) is 5.43 Å². The number of benzene rings is 3. The Kier molecular flexibility index (Phi) is 6.31. The van der Waals surface area contributed by atoms with Crippen LogP contribution < -0.4 is 19.6 Å². The van der Waals surface area contributed by atoms with E-state index in [1.807, 2.05) is 0 Å². The van der Waals surface area contributed by atoms with Crippen LogP contribution in [0.1, 0.15) is 11.1 Å². The fourth-order valence-electron chi connectivity index (χ4n) is 3.42. The number of fused-ring (bicyclic) bond motifs is 2. The molecule has 0 bridgehead atoms. The van der Waals surface area contributed by atoms with Gasteiger partial charge in [-0.25, -0.2) is 4.79 Å². The van der Waals surface area contributed by atoms with Crippen molar-refractivity contribution in [3.63, 3.8) is 0 Å². The second-order valence-corrected chi connectivity index (χ2v) is 7.17. The predicted molar refractivity (Wildman–Crippen MR) is 125 cm³/mol. The number of carbonyl (C=O) groups is 1. The number of rotatable bonds is 7. The van der Waals surface area contributed by atoms with Crippen LogP contribution in [0.25, 0.3) is 28.0 Å². The molecule has 0 aliphatic heterocycles. The van der Waals surface area contributed by atoms with Crippen molar-refractivity contribution < 1.29 is 28.2 Å². The van der Waals surface area contributed by atoms with Gasteiger partial charge in [-0.15, -0.1) is 0 Å². The molecule has 0 spiro atoms. The average molecular weight is 446 g/mol. The maximum atomic E-state index is 12.9. The SMILES string of the molecule is COc1ccc(/C=C/C(=O)OCc2ccc3oc4cc(OC)ccc4c(=O)c3c2)c(OC)c1. The largest absolute Gasteiger partial charge is 0.497 e. The Morgan fingerprint density at radius 2 is 1.61 bits per heavy atom. The van der Waals surface area contributed by atoms with Gasteiger partial charge in [-0.2, -0.15) is 0 Å². The molecule has 4 rings (SSSR count). The molecule has 33 heavy (non-hydrogen) atoms. The molecular formula is C26H22O7. The summed E-state index contributed by atoms with van der Waals surface area (Å²) < 4.78 is 26.9. The van der Waals surface area contributed by atoms with Gasteiger partial charge in [0.05, 0.1) is 32.1 Å². The van der Waals surface area contributed by atoms with Gasteiger partial charge in [-0.1, -0.05) is 6.07 Å². The van der Waals surface area contributed by atoms with Gasteiger partial charge in [-0.3, -0.25) is 4.79 Å². The van der Waals surface area contributed by atoms with Crippen LogP contribution in [0, 0.1) is 0 Å². The van der Waals surface area contributed by atoms with E-state index in [9.17, 15) is 9.59 Å². The Labute approximate surface area is 189 Å². The topological polar surface area (TPSA) is 84.2 Å². The molecule has 4 aromatic rings. The summed E-state index contributed by atoms with van der Waals surface area (Å²) >= 11 is 0. The minimum absolute atomic E-state index is 0.0128. The van der Waals surface area contributed by atoms with Gasteiger partial charge >= 0.3 is 5.97 Å². The molecule has 0 unspecified atom stereocenters. The fourth-order valence-corrected chi connectivity index (χ4v) is 3.42. The minimum Gasteiger partial charge on any atom is -0.497 e. The van der Waals surface area contributed by atoms with E-state index in [0.717, 1.165) is 0 Å². The number of esters is 1. The van der Waals surface area contributed by atoms with E-state index in [1.165, 1.54) is 6.08 Å². The Hall–Kier alpha value is -4.26. The van der Waals surface area contributed by atoms with Gasteiger partial charge in [0.25, 0.3) is 0 Å². The molecule has 0 saturated heterocycles.